The van der Waals surface area contributed by atoms with E-state index in [1.807, 2.05) is 0 Å². The zero-order valence-corrected chi connectivity index (χ0v) is 13.6. The Morgan fingerprint density at radius 1 is 1.37 bits per heavy atom. The summed E-state index contributed by atoms with van der Waals surface area (Å²) in [5.74, 6) is 1.50. The fourth-order valence-electron chi connectivity index (χ4n) is 1.79. The minimum atomic E-state index is 0.220. The molecular formula is C13H17ClN2OS2. The number of fused-ring (bicyclic) bond motifs is 1. The van der Waals surface area contributed by atoms with Crippen molar-refractivity contribution in [3.8, 4) is 0 Å². The monoisotopic (exact) mass is 316 g/mol. The minimum absolute atomic E-state index is 0.220. The van der Waals surface area contributed by atoms with E-state index in [0.29, 0.717) is 10.4 Å². The molecule has 0 saturated carbocycles. The zero-order valence-electron chi connectivity index (χ0n) is 11.2. The lowest BCUT2D eigenvalue weighted by Crippen LogP contribution is -2.02. The lowest BCUT2D eigenvalue weighted by Gasteiger charge is -2.08. The van der Waals surface area contributed by atoms with E-state index in [9.17, 15) is 0 Å². The van der Waals surface area contributed by atoms with Crippen molar-refractivity contribution in [3.05, 3.63) is 21.4 Å². The molecule has 1 N–H and O–H groups in total. The summed E-state index contributed by atoms with van der Waals surface area (Å²) in [4.78, 5) is 11.2. The number of aliphatic hydroxyl groups excluding tert-OH is 1. The molecule has 3 nitrogen and oxygen atoms in total. The molecule has 1 unspecified atom stereocenters. The lowest BCUT2D eigenvalue weighted by atomic mass is 10.2. The Morgan fingerprint density at radius 3 is 2.79 bits per heavy atom. The van der Waals surface area contributed by atoms with Gasteiger partial charge in [0, 0.05) is 16.7 Å². The Labute approximate surface area is 126 Å². The number of thiophene rings is 1. The fraction of sp³-hybridized carbons (Fsp3) is 0.538. The highest BCUT2D eigenvalue weighted by molar-refractivity contribution is 7.99. The van der Waals surface area contributed by atoms with Crippen molar-refractivity contribution in [2.45, 2.75) is 38.2 Å². The molecule has 2 aromatic heterocycles. The van der Waals surface area contributed by atoms with E-state index in [1.54, 1.807) is 23.1 Å². The number of hydrogen-bond donors (Lipinski definition) is 1. The topological polar surface area (TPSA) is 46.0 Å². The number of hydrogen-bond acceptors (Lipinski definition) is 5. The van der Waals surface area contributed by atoms with Crippen LogP contribution in [0.4, 0.5) is 0 Å². The molecule has 1 atom stereocenters. The van der Waals surface area contributed by atoms with Gasteiger partial charge in [0.1, 0.15) is 15.8 Å². The average molecular weight is 317 g/mol. The van der Waals surface area contributed by atoms with Gasteiger partial charge < -0.3 is 5.11 Å². The summed E-state index contributed by atoms with van der Waals surface area (Å²) in [6.45, 7) is 6.45. The minimum Gasteiger partial charge on any atom is -0.396 e. The van der Waals surface area contributed by atoms with Crippen LogP contribution in [0.25, 0.3) is 10.2 Å². The number of aliphatic hydroxyl groups is 1. The van der Waals surface area contributed by atoms with Gasteiger partial charge in [0.25, 0.3) is 0 Å². The summed E-state index contributed by atoms with van der Waals surface area (Å²) < 4.78 is 0. The van der Waals surface area contributed by atoms with Gasteiger partial charge in [-0.25, -0.2) is 9.97 Å². The molecule has 0 fully saturated rings. The number of aromatic nitrogens is 2. The molecule has 0 spiro atoms. The lowest BCUT2D eigenvalue weighted by molar-refractivity contribution is 0.289. The highest BCUT2D eigenvalue weighted by Gasteiger charge is 2.13. The molecule has 2 aromatic rings. The van der Waals surface area contributed by atoms with Crippen LogP contribution in [0.2, 0.25) is 5.15 Å². The summed E-state index contributed by atoms with van der Waals surface area (Å²) in [6, 6.07) is 0. The maximum Gasteiger partial charge on any atom is 0.141 e. The molecule has 104 valence electrons. The van der Waals surface area contributed by atoms with E-state index in [4.69, 9.17) is 16.7 Å². The maximum atomic E-state index is 8.89. The van der Waals surface area contributed by atoms with Gasteiger partial charge in [0.2, 0.25) is 0 Å². The third kappa shape index (κ3) is 3.40. The van der Waals surface area contributed by atoms with Crippen molar-refractivity contribution in [3.63, 3.8) is 0 Å². The van der Waals surface area contributed by atoms with Gasteiger partial charge >= 0.3 is 0 Å². The Balaban J connectivity index is 2.21. The number of aryl methyl sites for hydroxylation is 2. The predicted octanol–water partition coefficient (Wildman–Crippen LogP) is 3.97. The summed E-state index contributed by atoms with van der Waals surface area (Å²) in [5.41, 5.74) is 1.18. The highest BCUT2D eigenvalue weighted by atomic mass is 35.5. The van der Waals surface area contributed by atoms with Crippen molar-refractivity contribution in [1.29, 1.82) is 0 Å². The number of halogens is 1. The van der Waals surface area contributed by atoms with E-state index < -0.39 is 0 Å². The first kappa shape index (κ1) is 15.0. The van der Waals surface area contributed by atoms with Crippen LogP contribution in [-0.4, -0.2) is 26.9 Å². The van der Waals surface area contributed by atoms with E-state index in [2.05, 4.69) is 30.7 Å². The Bertz CT molecular complexity index is 586. The van der Waals surface area contributed by atoms with Gasteiger partial charge in [-0.3, -0.25) is 0 Å². The van der Waals surface area contributed by atoms with Crippen molar-refractivity contribution in [2.24, 2.45) is 0 Å². The maximum absolute atomic E-state index is 8.89. The molecule has 0 bridgehead atoms. The van der Waals surface area contributed by atoms with Crippen LogP contribution in [0.15, 0.2) is 0 Å². The molecule has 2 rings (SSSR count). The summed E-state index contributed by atoms with van der Waals surface area (Å²) >= 11 is 9.67. The van der Waals surface area contributed by atoms with Crippen LogP contribution in [0, 0.1) is 13.8 Å². The number of thioether (sulfide) groups is 1. The molecular weight excluding hydrogens is 300 g/mol. The molecule has 0 aliphatic rings. The Hall–Kier alpha value is -0.360. The van der Waals surface area contributed by atoms with Crippen molar-refractivity contribution in [2.75, 3.05) is 6.61 Å². The van der Waals surface area contributed by atoms with Crippen LogP contribution < -0.4 is 0 Å². The van der Waals surface area contributed by atoms with E-state index in [-0.39, 0.29) is 6.61 Å². The Morgan fingerprint density at radius 2 is 2.11 bits per heavy atom. The van der Waals surface area contributed by atoms with Crippen LogP contribution >= 0.6 is 34.7 Å². The van der Waals surface area contributed by atoms with E-state index in [0.717, 1.165) is 28.2 Å². The van der Waals surface area contributed by atoms with Gasteiger partial charge in [0.05, 0.1) is 11.1 Å². The molecule has 2 heterocycles. The molecule has 0 aliphatic carbocycles. The first-order valence-electron chi connectivity index (χ1n) is 6.17. The summed E-state index contributed by atoms with van der Waals surface area (Å²) in [6.07, 6.45) is 0.790. The van der Waals surface area contributed by atoms with Crippen LogP contribution in [-0.2, 0) is 5.75 Å². The number of rotatable bonds is 5. The summed E-state index contributed by atoms with van der Waals surface area (Å²) in [5, 5.41) is 10.8. The Kier molecular flexibility index (Phi) is 5.06. The van der Waals surface area contributed by atoms with Gasteiger partial charge in [-0.2, -0.15) is 11.8 Å². The second-order valence-electron chi connectivity index (χ2n) is 4.53. The standard InChI is InChI=1S/C13H17ClN2OS2/c1-7(4-5-17)18-6-10-15-12(14)11-8(2)9(3)19-13(11)16-10/h7,17H,4-6H2,1-3H3. The van der Waals surface area contributed by atoms with Crippen molar-refractivity contribution in [1.82, 2.24) is 9.97 Å². The van der Waals surface area contributed by atoms with E-state index >= 15 is 0 Å². The normalized spacial score (nSPS) is 13.1. The van der Waals surface area contributed by atoms with Crippen molar-refractivity contribution >= 4 is 44.9 Å². The van der Waals surface area contributed by atoms with Gasteiger partial charge in [-0.15, -0.1) is 11.3 Å². The molecule has 6 heteroatoms. The van der Waals surface area contributed by atoms with Gasteiger partial charge in [0.15, 0.2) is 0 Å². The quantitative estimate of drug-likeness (QED) is 0.848. The van der Waals surface area contributed by atoms with Crippen LogP contribution in [0.3, 0.4) is 0 Å². The second-order valence-corrected chi connectivity index (χ2v) is 7.52. The largest absolute Gasteiger partial charge is 0.396 e. The van der Waals surface area contributed by atoms with Crippen molar-refractivity contribution < 1.29 is 5.11 Å². The van der Waals surface area contributed by atoms with Gasteiger partial charge in [-0.05, 0) is 25.8 Å². The third-order valence-corrected chi connectivity index (χ3v) is 5.67. The first-order valence-corrected chi connectivity index (χ1v) is 8.41. The van der Waals surface area contributed by atoms with Gasteiger partial charge in [-0.1, -0.05) is 18.5 Å². The third-order valence-electron chi connectivity index (χ3n) is 3.06. The fourth-order valence-corrected chi connectivity index (χ4v) is 4.06. The van der Waals surface area contributed by atoms with Crippen LogP contribution in [0.1, 0.15) is 29.6 Å². The predicted molar refractivity (Wildman–Crippen MR) is 84.4 cm³/mol. The smallest absolute Gasteiger partial charge is 0.141 e. The average Bonchev–Trinajstić information content (AvgIpc) is 2.63. The molecule has 0 aliphatic heterocycles. The highest BCUT2D eigenvalue weighted by Crippen LogP contribution is 2.33. The zero-order chi connectivity index (χ0) is 14.0. The summed E-state index contributed by atoms with van der Waals surface area (Å²) in [7, 11) is 0. The molecule has 0 aromatic carbocycles. The SMILES string of the molecule is Cc1sc2nc(CSC(C)CCO)nc(Cl)c2c1C. The van der Waals surface area contributed by atoms with Crippen LogP contribution in [0.5, 0.6) is 0 Å². The molecule has 0 radical (unpaired) electrons. The molecule has 0 amide bonds. The second kappa shape index (κ2) is 6.39. The first-order chi connectivity index (χ1) is 9.02. The van der Waals surface area contributed by atoms with E-state index in [1.165, 1.54) is 10.4 Å². The number of nitrogens with zero attached hydrogens (tertiary/aromatic N) is 2. The molecule has 0 saturated heterocycles. The molecule has 19 heavy (non-hydrogen) atoms.